The van der Waals surface area contributed by atoms with Crippen LogP contribution in [0.15, 0.2) is 48.5 Å². The van der Waals surface area contributed by atoms with E-state index in [1.54, 1.807) is 25.1 Å². The minimum Gasteiger partial charge on any atom is -0.368 e. The van der Waals surface area contributed by atoms with Crippen LogP contribution in [-0.4, -0.2) is 5.91 Å². The largest absolute Gasteiger partial charge is 0.368 e. The maximum atomic E-state index is 11.9. The summed E-state index contributed by atoms with van der Waals surface area (Å²) < 4.78 is 0. The molecule has 0 fully saturated rings. The molecular weight excluding hydrogens is 307 g/mol. The van der Waals surface area contributed by atoms with Crippen LogP contribution in [0.4, 0.5) is 0 Å². The first-order valence-corrected chi connectivity index (χ1v) is 7.23. The number of carbonyl (C=O) groups is 1. The molecule has 2 rings (SSSR count). The molecule has 0 saturated carbocycles. The topological polar surface area (TPSA) is 55.1 Å². The van der Waals surface area contributed by atoms with Gasteiger partial charge in [0, 0.05) is 22.2 Å². The lowest BCUT2D eigenvalue weighted by atomic mass is 9.90. The Kier molecular flexibility index (Phi) is 4.88. The third kappa shape index (κ3) is 3.56. The lowest BCUT2D eigenvalue weighted by molar-refractivity contribution is -0.124. The van der Waals surface area contributed by atoms with Gasteiger partial charge in [-0.3, -0.25) is 10.1 Å². The Morgan fingerprint density at radius 2 is 1.86 bits per heavy atom. The van der Waals surface area contributed by atoms with Gasteiger partial charge in [-0.2, -0.15) is 0 Å². The van der Waals surface area contributed by atoms with Crippen molar-refractivity contribution in [2.75, 3.05) is 0 Å². The maximum absolute atomic E-state index is 11.9. The number of primary amides is 1. The number of hydrogen-bond donors (Lipinski definition) is 2. The molecule has 3 nitrogen and oxygen atoms in total. The second kappa shape index (κ2) is 6.48. The van der Waals surface area contributed by atoms with E-state index in [-0.39, 0.29) is 0 Å². The second-order valence-corrected chi connectivity index (χ2v) is 5.80. The molecular formula is C16H16Cl2N2O. The van der Waals surface area contributed by atoms with Crippen molar-refractivity contribution in [1.82, 2.24) is 5.32 Å². The lowest BCUT2D eigenvalue weighted by Crippen LogP contribution is -2.50. The van der Waals surface area contributed by atoms with Crippen LogP contribution in [0.5, 0.6) is 0 Å². The summed E-state index contributed by atoms with van der Waals surface area (Å²) in [6.07, 6.45) is 0. The molecule has 0 bridgehead atoms. The number of hydrogen-bond acceptors (Lipinski definition) is 2. The van der Waals surface area contributed by atoms with E-state index < -0.39 is 11.4 Å². The zero-order valence-corrected chi connectivity index (χ0v) is 13.1. The Morgan fingerprint density at radius 3 is 2.43 bits per heavy atom. The van der Waals surface area contributed by atoms with Gasteiger partial charge in [-0.05, 0) is 24.6 Å². The molecule has 0 heterocycles. The fourth-order valence-corrected chi connectivity index (χ4v) is 2.68. The van der Waals surface area contributed by atoms with E-state index in [2.05, 4.69) is 5.32 Å². The summed E-state index contributed by atoms with van der Waals surface area (Å²) in [5, 5.41) is 4.11. The first kappa shape index (κ1) is 15.8. The molecule has 0 saturated heterocycles. The van der Waals surface area contributed by atoms with Crippen molar-refractivity contribution < 1.29 is 4.79 Å². The highest BCUT2D eigenvalue weighted by atomic mass is 35.5. The normalized spacial score (nSPS) is 13.7. The highest BCUT2D eigenvalue weighted by Gasteiger charge is 2.34. The van der Waals surface area contributed by atoms with E-state index in [0.29, 0.717) is 22.2 Å². The van der Waals surface area contributed by atoms with Crippen LogP contribution in [0, 0.1) is 0 Å². The van der Waals surface area contributed by atoms with Gasteiger partial charge in [0.2, 0.25) is 5.91 Å². The molecule has 1 atom stereocenters. The molecule has 0 radical (unpaired) electrons. The Hall–Kier alpha value is -1.55. The van der Waals surface area contributed by atoms with E-state index in [1.807, 2.05) is 30.3 Å². The zero-order chi connectivity index (χ0) is 15.5. The molecule has 0 aromatic heterocycles. The van der Waals surface area contributed by atoms with E-state index in [0.717, 1.165) is 5.56 Å². The fourth-order valence-electron chi connectivity index (χ4n) is 2.08. The number of rotatable bonds is 5. The Labute approximate surface area is 134 Å². The van der Waals surface area contributed by atoms with Gasteiger partial charge in [-0.1, -0.05) is 59.6 Å². The maximum Gasteiger partial charge on any atom is 0.242 e. The first-order chi connectivity index (χ1) is 9.93. The summed E-state index contributed by atoms with van der Waals surface area (Å²) >= 11 is 12.1. The molecule has 0 aliphatic heterocycles. The van der Waals surface area contributed by atoms with Gasteiger partial charge in [-0.25, -0.2) is 0 Å². The van der Waals surface area contributed by atoms with E-state index in [9.17, 15) is 4.79 Å². The smallest absolute Gasteiger partial charge is 0.242 e. The molecule has 3 N–H and O–H groups in total. The molecule has 0 spiro atoms. The first-order valence-electron chi connectivity index (χ1n) is 6.48. The molecule has 1 amide bonds. The SMILES string of the molecule is CC(NCc1ccccc1)(C(N)=O)c1ccc(Cl)cc1Cl. The summed E-state index contributed by atoms with van der Waals surface area (Å²) in [4.78, 5) is 11.9. The van der Waals surface area contributed by atoms with Gasteiger partial charge in [0.1, 0.15) is 5.54 Å². The van der Waals surface area contributed by atoms with Crippen LogP contribution in [0.3, 0.4) is 0 Å². The predicted molar refractivity (Wildman–Crippen MR) is 86.3 cm³/mol. The Morgan fingerprint density at radius 1 is 1.19 bits per heavy atom. The highest BCUT2D eigenvalue weighted by Crippen LogP contribution is 2.30. The van der Waals surface area contributed by atoms with Crippen molar-refractivity contribution in [3.8, 4) is 0 Å². The standard InChI is InChI=1S/C16H16Cl2N2O/c1-16(15(19)21,13-8-7-12(17)9-14(13)18)20-10-11-5-3-2-4-6-11/h2-9,20H,10H2,1H3,(H2,19,21). The molecule has 21 heavy (non-hydrogen) atoms. The summed E-state index contributed by atoms with van der Waals surface area (Å²) in [5.41, 5.74) is 6.17. The van der Waals surface area contributed by atoms with Crippen molar-refractivity contribution in [2.24, 2.45) is 5.73 Å². The highest BCUT2D eigenvalue weighted by molar-refractivity contribution is 6.35. The van der Waals surface area contributed by atoms with Crippen molar-refractivity contribution in [3.63, 3.8) is 0 Å². The third-order valence-electron chi connectivity index (χ3n) is 3.45. The van der Waals surface area contributed by atoms with Gasteiger partial charge < -0.3 is 5.73 Å². The van der Waals surface area contributed by atoms with Crippen molar-refractivity contribution in [1.29, 1.82) is 0 Å². The molecule has 0 aliphatic carbocycles. The second-order valence-electron chi connectivity index (χ2n) is 4.95. The van der Waals surface area contributed by atoms with Crippen molar-refractivity contribution in [3.05, 3.63) is 69.7 Å². The molecule has 1 unspecified atom stereocenters. The average molecular weight is 323 g/mol. The number of nitrogens with two attached hydrogens (primary N) is 1. The molecule has 5 heteroatoms. The van der Waals surface area contributed by atoms with Gasteiger partial charge in [0.25, 0.3) is 0 Å². The molecule has 0 aliphatic rings. The van der Waals surface area contributed by atoms with Gasteiger partial charge in [0.05, 0.1) is 0 Å². The summed E-state index contributed by atoms with van der Waals surface area (Å²) in [6, 6.07) is 14.8. The van der Waals surface area contributed by atoms with Gasteiger partial charge in [0.15, 0.2) is 0 Å². The Bertz CT molecular complexity index is 646. The van der Waals surface area contributed by atoms with E-state index in [4.69, 9.17) is 28.9 Å². The van der Waals surface area contributed by atoms with Crippen LogP contribution in [0.1, 0.15) is 18.1 Å². The number of halogens is 2. The molecule has 2 aromatic rings. The third-order valence-corrected chi connectivity index (χ3v) is 4.00. The average Bonchev–Trinajstić information content (AvgIpc) is 2.45. The zero-order valence-electron chi connectivity index (χ0n) is 11.6. The number of benzene rings is 2. The van der Waals surface area contributed by atoms with Crippen LogP contribution < -0.4 is 11.1 Å². The fraction of sp³-hybridized carbons (Fsp3) is 0.188. The quantitative estimate of drug-likeness (QED) is 0.885. The van der Waals surface area contributed by atoms with E-state index in [1.165, 1.54) is 0 Å². The van der Waals surface area contributed by atoms with Crippen LogP contribution in [-0.2, 0) is 16.9 Å². The van der Waals surface area contributed by atoms with Gasteiger partial charge >= 0.3 is 0 Å². The number of nitrogens with one attached hydrogen (secondary N) is 1. The predicted octanol–water partition coefficient (Wildman–Crippen LogP) is 3.48. The van der Waals surface area contributed by atoms with Crippen molar-refractivity contribution >= 4 is 29.1 Å². The van der Waals surface area contributed by atoms with Crippen LogP contribution in [0.2, 0.25) is 10.0 Å². The minimum absolute atomic E-state index is 0.407. The van der Waals surface area contributed by atoms with E-state index >= 15 is 0 Å². The summed E-state index contributed by atoms with van der Waals surface area (Å²) in [7, 11) is 0. The minimum atomic E-state index is -1.07. The monoisotopic (exact) mass is 322 g/mol. The molecule has 2 aromatic carbocycles. The Balaban J connectivity index is 2.30. The van der Waals surface area contributed by atoms with Crippen molar-refractivity contribution in [2.45, 2.75) is 19.0 Å². The van der Waals surface area contributed by atoms with Crippen LogP contribution >= 0.6 is 23.2 Å². The number of amides is 1. The van der Waals surface area contributed by atoms with Gasteiger partial charge in [-0.15, -0.1) is 0 Å². The lowest BCUT2D eigenvalue weighted by Gasteiger charge is -2.29. The summed E-state index contributed by atoms with van der Waals surface area (Å²) in [6.45, 7) is 2.21. The number of carbonyl (C=O) groups excluding carboxylic acids is 1. The molecule has 110 valence electrons. The van der Waals surface area contributed by atoms with Crippen LogP contribution in [0.25, 0.3) is 0 Å². The summed E-state index contributed by atoms with van der Waals surface area (Å²) in [5.74, 6) is -0.498.